The minimum Gasteiger partial charge on any atom is -0.464 e. The van der Waals surface area contributed by atoms with Crippen molar-refractivity contribution in [3.05, 3.63) is 58.1 Å². The maximum absolute atomic E-state index is 12.5. The van der Waals surface area contributed by atoms with E-state index in [0.717, 1.165) is 26.9 Å². The van der Waals surface area contributed by atoms with Crippen LogP contribution in [0.1, 0.15) is 22.0 Å². The lowest BCUT2D eigenvalue weighted by Crippen LogP contribution is -2.26. The maximum atomic E-state index is 12.5. The van der Waals surface area contributed by atoms with Gasteiger partial charge >= 0.3 is 0 Å². The number of halogens is 1. The highest BCUT2D eigenvalue weighted by molar-refractivity contribution is 9.10. The van der Waals surface area contributed by atoms with Gasteiger partial charge in [-0.05, 0) is 43.3 Å². The molecule has 2 aromatic heterocycles. The molecule has 0 aliphatic carbocycles. The van der Waals surface area contributed by atoms with Gasteiger partial charge in [0.25, 0.3) is 5.91 Å². The van der Waals surface area contributed by atoms with E-state index in [1.165, 1.54) is 0 Å². The highest BCUT2D eigenvalue weighted by atomic mass is 79.9. The third-order valence-electron chi connectivity index (χ3n) is 3.35. The number of carbonyl (C=O) groups excluding carboxylic acids is 1. The fraction of sp³-hybridized carbons (Fsp3) is 0.188. The highest BCUT2D eigenvalue weighted by Gasteiger charge is 2.16. The molecule has 1 amide bonds. The van der Waals surface area contributed by atoms with Gasteiger partial charge in [0.1, 0.15) is 17.2 Å². The molecule has 0 aliphatic heterocycles. The third kappa shape index (κ3) is 2.88. The molecule has 1 aromatic carbocycles. The number of furan rings is 1. The van der Waals surface area contributed by atoms with Crippen LogP contribution in [0.3, 0.4) is 0 Å². The van der Waals surface area contributed by atoms with E-state index in [0.29, 0.717) is 12.2 Å². The molecule has 1 N–H and O–H groups in total. The monoisotopic (exact) mass is 346 g/mol. The Morgan fingerprint density at radius 3 is 2.81 bits per heavy atom. The van der Waals surface area contributed by atoms with E-state index >= 15 is 0 Å². The molecule has 108 valence electrons. The summed E-state index contributed by atoms with van der Waals surface area (Å²) in [7, 11) is 1.77. The number of hydrogen-bond acceptors (Lipinski definition) is 2. The number of hydrogen-bond donors (Lipinski definition) is 1. The predicted molar refractivity (Wildman–Crippen MR) is 85.2 cm³/mol. The number of rotatable bonds is 3. The average molecular weight is 347 g/mol. The second-order valence-electron chi connectivity index (χ2n) is 5.09. The van der Waals surface area contributed by atoms with Crippen molar-refractivity contribution in [1.82, 2.24) is 9.88 Å². The standard InChI is InChI=1S/C16H15BrN2O2/c1-10-3-5-13(21-10)9-19(2)16(20)15-8-11-7-12(17)4-6-14(11)18-15/h3-8,18H,9H2,1-2H3. The zero-order valence-electron chi connectivity index (χ0n) is 11.8. The number of carbonyl (C=O) groups is 1. The molecule has 3 rings (SSSR count). The van der Waals surface area contributed by atoms with Crippen molar-refractivity contribution in [2.45, 2.75) is 13.5 Å². The number of nitrogens with zero attached hydrogens (tertiary/aromatic N) is 1. The van der Waals surface area contributed by atoms with Crippen LogP contribution in [-0.2, 0) is 6.54 Å². The number of fused-ring (bicyclic) bond motifs is 1. The Bertz CT molecular complexity index is 804. The number of benzene rings is 1. The first-order valence-electron chi connectivity index (χ1n) is 6.62. The largest absolute Gasteiger partial charge is 0.464 e. The molecule has 0 bridgehead atoms. The molecule has 3 aromatic rings. The van der Waals surface area contributed by atoms with Crippen LogP contribution in [0.2, 0.25) is 0 Å². The third-order valence-corrected chi connectivity index (χ3v) is 3.84. The van der Waals surface area contributed by atoms with Gasteiger partial charge in [-0.1, -0.05) is 15.9 Å². The molecule has 5 heteroatoms. The van der Waals surface area contributed by atoms with Crippen LogP contribution in [0.25, 0.3) is 10.9 Å². The van der Waals surface area contributed by atoms with E-state index < -0.39 is 0 Å². The molecule has 0 fully saturated rings. The Morgan fingerprint density at radius 1 is 1.29 bits per heavy atom. The number of H-pyrrole nitrogens is 1. The van der Waals surface area contributed by atoms with E-state index in [9.17, 15) is 4.79 Å². The van der Waals surface area contributed by atoms with Gasteiger partial charge in [0.2, 0.25) is 0 Å². The Kier molecular flexibility index (Phi) is 3.59. The maximum Gasteiger partial charge on any atom is 0.270 e. The number of aromatic nitrogens is 1. The summed E-state index contributed by atoms with van der Waals surface area (Å²) >= 11 is 3.43. The van der Waals surface area contributed by atoms with Crippen LogP contribution in [0.5, 0.6) is 0 Å². The van der Waals surface area contributed by atoms with E-state index in [2.05, 4.69) is 20.9 Å². The van der Waals surface area contributed by atoms with Crippen molar-refractivity contribution in [2.75, 3.05) is 7.05 Å². The van der Waals surface area contributed by atoms with Crippen LogP contribution >= 0.6 is 15.9 Å². The Labute approximate surface area is 130 Å². The van der Waals surface area contributed by atoms with Crippen molar-refractivity contribution in [1.29, 1.82) is 0 Å². The van der Waals surface area contributed by atoms with Crippen molar-refractivity contribution < 1.29 is 9.21 Å². The first kappa shape index (κ1) is 13.9. The van der Waals surface area contributed by atoms with Crippen LogP contribution in [-0.4, -0.2) is 22.8 Å². The minimum absolute atomic E-state index is 0.0589. The first-order chi connectivity index (χ1) is 10.0. The fourth-order valence-electron chi connectivity index (χ4n) is 2.30. The Hall–Kier alpha value is -2.01. The molecule has 0 saturated carbocycles. The Morgan fingerprint density at radius 2 is 2.10 bits per heavy atom. The molecule has 0 atom stereocenters. The molecule has 2 heterocycles. The van der Waals surface area contributed by atoms with Crippen molar-refractivity contribution >= 4 is 32.7 Å². The highest BCUT2D eigenvalue weighted by Crippen LogP contribution is 2.21. The van der Waals surface area contributed by atoms with E-state index in [1.807, 2.05) is 43.3 Å². The van der Waals surface area contributed by atoms with E-state index in [4.69, 9.17) is 4.42 Å². The quantitative estimate of drug-likeness (QED) is 0.775. The summed E-state index contributed by atoms with van der Waals surface area (Å²) in [5, 5.41) is 1.01. The lowest BCUT2D eigenvalue weighted by Gasteiger charge is -2.14. The first-order valence-corrected chi connectivity index (χ1v) is 7.41. The fourth-order valence-corrected chi connectivity index (χ4v) is 2.68. The van der Waals surface area contributed by atoms with Gasteiger partial charge in [-0.3, -0.25) is 4.79 Å². The van der Waals surface area contributed by atoms with Crippen LogP contribution in [0, 0.1) is 6.92 Å². The SMILES string of the molecule is Cc1ccc(CN(C)C(=O)c2cc3cc(Br)ccc3[nH]2)o1. The number of nitrogens with one attached hydrogen (secondary N) is 1. The molecule has 0 aliphatic rings. The molecular weight excluding hydrogens is 332 g/mol. The Balaban J connectivity index is 1.82. The van der Waals surface area contributed by atoms with E-state index in [1.54, 1.807) is 11.9 Å². The summed E-state index contributed by atoms with van der Waals surface area (Å²) in [6.07, 6.45) is 0. The van der Waals surface area contributed by atoms with Crippen molar-refractivity contribution in [3.8, 4) is 0 Å². The van der Waals surface area contributed by atoms with Crippen molar-refractivity contribution in [3.63, 3.8) is 0 Å². The van der Waals surface area contributed by atoms with Crippen molar-refractivity contribution in [2.24, 2.45) is 0 Å². The summed E-state index contributed by atoms with van der Waals surface area (Å²) in [5.41, 5.74) is 1.53. The summed E-state index contributed by atoms with van der Waals surface area (Å²) in [6.45, 7) is 2.34. The van der Waals surface area contributed by atoms with Crippen LogP contribution < -0.4 is 0 Å². The topological polar surface area (TPSA) is 49.2 Å². The molecule has 0 saturated heterocycles. The number of aryl methyl sites for hydroxylation is 1. The second kappa shape index (κ2) is 5.41. The van der Waals surface area contributed by atoms with Crippen LogP contribution in [0.15, 0.2) is 45.3 Å². The molecule has 21 heavy (non-hydrogen) atoms. The van der Waals surface area contributed by atoms with Gasteiger partial charge in [0, 0.05) is 22.4 Å². The lowest BCUT2D eigenvalue weighted by atomic mass is 10.2. The zero-order chi connectivity index (χ0) is 15.0. The van der Waals surface area contributed by atoms with Gasteiger partial charge in [-0.15, -0.1) is 0 Å². The van der Waals surface area contributed by atoms with Crippen LogP contribution in [0.4, 0.5) is 0 Å². The lowest BCUT2D eigenvalue weighted by molar-refractivity contribution is 0.0770. The predicted octanol–water partition coefficient (Wildman–Crippen LogP) is 4.10. The molecule has 4 nitrogen and oxygen atoms in total. The molecule has 0 spiro atoms. The summed E-state index contributed by atoms with van der Waals surface area (Å²) in [6, 6.07) is 11.5. The molecule has 0 radical (unpaired) electrons. The van der Waals surface area contributed by atoms with Gasteiger partial charge in [-0.2, -0.15) is 0 Å². The normalized spacial score (nSPS) is 11.0. The summed E-state index contributed by atoms with van der Waals surface area (Å²) < 4.78 is 6.50. The smallest absolute Gasteiger partial charge is 0.270 e. The van der Waals surface area contributed by atoms with Gasteiger partial charge in [-0.25, -0.2) is 0 Å². The number of aromatic amines is 1. The molecular formula is C16H15BrN2O2. The zero-order valence-corrected chi connectivity index (χ0v) is 13.4. The minimum atomic E-state index is -0.0589. The second-order valence-corrected chi connectivity index (χ2v) is 6.00. The average Bonchev–Trinajstić information content (AvgIpc) is 3.03. The number of amides is 1. The van der Waals surface area contributed by atoms with Gasteiger partial charge in [0.05, 0.1) is 6.54 Å². The molecule has 0 unspecified atom stereocenters. The van der Waals surface area contributed by atoms with Gasteiger partial charge in [0.15, 0.2) is 0 Å². The summed E-state index contributed by atoms with van der Waals surface area (Å²) in [4.78, 5) is 17.2. The summed E-state index contributed by atoms with van der Waals surface area (Å²) in [5.74, 6) is 1.57. The van der Waals surface area contributed by atoms with E-state index in [-0.39, 0.29) is 5.91 Å². The van der Waals surface area contributed by atoms with Gasteiger partial charge < -0.3 is 14.3 Å².